The molecule has 0 aliphatic carbocycles. The summed E-state index contributed by atoms with van der Waals surface area (Å²) in [6.45, 7) is 8.74. The zero-order chi connectivity index (χ0) is 8.81. The van der Waals surface area contributed by atoms with Crippen LogP contribution in [0.3, 0.4) is 0 Å². The molecule has 1 heterocycles. The number of hydrogen-bond acceptors (Lipinski definition) is 2. The summed E-state index contributed by atoms with van der Waals surface area (Å²) < 4.78 is 0. The van der Waals surface area contributed by atoms with Crippen LogP contribution in [0.15, 0.2) is 11.6 Å². The predicted octanol–water partition coefficient (Wildman–Crippen LogP) is 3.09. The Balaban J connectivity index is 2.32. The first-order valence-corrected chi connectivity index (χ1v) is 5.90. The van der Waals surface area contributed by atoms with Gasteiger partial charge in [0.25, 0.3) is 0 Å². The standard InChI is InChI=1S/C10H19NS/c1-3-12-10(2)11-8-6-4-5-7-9-11/h2-9H2,1H3. The summed E-state index contributed by atoms with van der Waals surface area (Å²) in [5.74, 6) is 1.15. The quantitative estimate of drug-likeness (QED) is 0.664. The van der Waals surface area contributed by atoms with Gasteiger partial charge in [0.1, 0.15) is 0 Å². The molecule has 0 aromatic heterocycles. The summed E-state index contributed by atoms with van der Waals surface area (Å²) in [5.41, 5.74) is 0. The number of hydrogen-bond donors (Lipinski definition) is 0. The van der Waals surface area contributed by atoms with Crippen LogP contribution in [0.1, 0.15) is 32.6 Å². The maximum Gasteiger partial charge on any atom is 0.0634 e. The van der Waals surface area contributed by atoms with E-state index in [2.05, 4.69) is 18.4 Å². The van der Waals surface area contributed by atoms with Gasteiger partial charge >= 0.3 is 0 Å². The minimum Gasteiger partial charge on any atom is -0.367 e. The van der Waals surface area contributed by atoms with Gasteiger partial charge in [0, 0.05) is 13.1 Å². The van der Waals surface area contributed by atoms with Crippen LogP contribution in [0.4, 0.5) is 0 Å². The highest BCUT2D eigenvalue weighted by Crippen LogP contribution is 2.21. The van der Waals surface area contributed by atoms with Crippen molar-refractivity contribution >= 4 is 11.8 Å². The van der Waals surface area contributed by atoms with Gasteiger partial charge in [-0.1, -0.05) is 26.3 Å². The predicted molar refractivity (Wildman–Crippen MR) is 57.3 cm³/mol. The van der Waals surface area contributed by atoms with Crippen molar-refractivity contribution in [2.24, 2.45) is 0 Å². The lowest BCUT2D eigenvalue weighted by Gasteiger charge is -2.23. The van der Waals surface area contributed by atoms with Crippen molar-refractivity contribution in [1.29, 1.82) is 0 Å². The normalized spacial score (nSPS) is 18.9. The van der Waals surface area contributed by atoms with Crippen LogP contribution in [0.25, 0.3) is 0 Å². The SMILES string of the molecule is C=C(SCC)N1CCCCCC1. The van der Waals surface area contributed by atoms with Gasteiger partial charge in [-0.25, -0.2) is 0 Å². The first-order valence-electron chi connectivity index (χ1n) is 4.91. The maximum absolute atomic E-state index is 4.10. The Bertz CT molecular complexity index is 137. The van der Waals surface area contributed by atoms with E-state index in [1.807, 2.05) is 11.8 Å². The van der Waals surface area contributed by atoms with Crippen molar-refractivity contribution in [3.8, 4) is 0 Å². The van der Waals surface area contributed by atoms with Gasteiger partial charge in [-0.15, -0.1) is 11.8 Å². The van der Waals surface area contributed by atoms with Gasteiger partial charge in [-0.3, -0.25) is 0 Å². The Morgan fingerprint density at radius 2 is 1.83 bits per heavy atom. The lowest BCUT2D eigenvalue weighted by Crippen LogP contribution is -2.21. The third-order valence-electron chi connectivity index (χ3n) is 2.27. The molecule has 1 fully saturated rings. The van der Waals surface area contributed by atoms with Crippen molar-refractivity contribution in [3.63, 3.8) is 0 Å². The molecule has 0 bridgehead atoms. The molecular weight excluding hydrogens is 166 g/mol. The molecule has 1 aliphatic rings. The van der Waals surface area contributed by atoms with Gasteiger partial charge in [0.15, 0.2) is 0 Å². The number of thioether (sulfide) groups is 1. The summed E-state index contributed by atoms with van der Waals surface area (Å²) in [5, 5.41) is 1.28. The molecule has 70 valence electrons. The Kier molecular flexibility index (Phi) is 4.59. The van der Waals surface area contributed by atoms with Crippen LogP contribution < -0.4 is 0 Å². The molecule has 0 aromatic carbocycles. The molecule has 1 rings (SSSR count). The molecule has 1 aliphatic heterocycles. The molecule has 2 heteroatoms. The fourth-order valence-electron chi connectivity index (χ4n) is 1.58. The van der Waals surface area contributed by atoms with Gasteiger partial charge < -0.3 is 4.90 Å². The molecule has 0 radical (unpaired) electrons. The third kappa shape index (κ3) is 3.10. The van der Waals surface area contributed by atoms with Crippen LogP contribution in [-0.4, -0.2) is 23.7 Å². The summed E-state index contributed by atoms with van der Waals surface area (Å²) in [6, 6.07) is 0. The second kappa shape index (κ2) is 5.52. The Labute approximate surface area is 80.2 Å². The van der Waals surface area contributed by atoms with Crippen LogP contribution in [0, 0.1) is 0 Å². The lowest BCUT2D eigenvalue weighted by molar-refractivity contribution is 0.383. The topological polar surface area (TPSA) is 3.24 Å². The van der Waals surface area contributed by atoms with E-state index in [9.17, 15) is 0 Å². The number of nitrogens with zero attached hydrogens (tertiary/aromatic N) is 1. The second-order valence-electron chi connectivity index (χ2n) is 3.23. The Morgan fingerprint density at radius 1 is 1.25 bits per heavy atom. The molecule has 0 spiro atoms. The molecule has 0 N–H and O–H groups in total. The van der Waals surface area contributed by atoms with E-state index < -0.39 is 0 Å². The van der Waals surface area contributed by atoms with E-state index in [0.717, 1.165) is 5.75 Å². The Morgan fingerprint density at radius 3 is 2.33 bits per heavy atom. The van der Waals surface area contributed by atoms with Gasteiger partial charge in [0.05, 0.1) is 5.03 Å². The van der Waals surface area contributed by atoms with Crippen LogP contribution in [-0.2, 0) is 0 Å². The average Bonchev–Trinajstić information content (AvgIpc) is 2.32. The largest absolute Gasteiger partial charge is 0.367 e. The molecule has 0 saturated carbocycles. The van der Waals surface area contributed by atoms with E-state index in [-0.39, 0.29) is 0 Å². The molecule has 1 saturated heterocycles. The third-order valence-corrected chi connectivity index (χ3v) is 3.15. The Hall–Kier alpha value is -0.110. The molecule has 0 amide bonds. The van der Waals surface area contributed by atoms with Crippen molar-refractivity contribution in [1.82, 2.24) is 4.90 Å². The number of likely N-dealkylation sites (tertiary alicyclic amines) is 1. The van der Waals surface area contributed by atoms with E-state index in [1.165, 1.54) is 43.8 Å². The first-order chi connectivity index (χ1) is 5.84. The van der Waals surface area contributed by atoms with E-state index >= 15 is 0 Å². The molecule has 0 atom stereocenters. The summed E-state index contributed by atoms with van der Waals surface area (Å²) in [6.07, 6.45) is 5.51. The first kappa shape index (κ1) is 9.97. The fourth-order valence-corrected chi connectivity index (χ4v) is 2.28. The lowest BCUT2D eigenvalue weighted by atomic mass is 10.2. The fraction of sp³-hybridized carbons (Fsp3) is 0.800. The zero-order valence-corrected chi connectivity index (χ0v) is 8.83. The minimum absolute atomic E-state index is 1.15. The second-order valence-corrected chi connectivity index (χ2v) is 4.57. The van der Waals surface area contributed by atoms with Gasteiger partial charge in [-0.05, 0) is 18.6 Å². The van der Waals surface area contributed by atoms with E-state index in [4.69, 9.17) is 0 Å². The highest BCUT2D eigenvalue weighted by molar-refractivity contribution is 8.02. The zero-order valence-electron chi connectivity index (χ0n) is 8.01. The molecule has 0 unspecified atom stereocenters. The van der Waals surface area contributed by atoms with Gasteiger partial charge in [0.2, 0.25) is 0 Å². The monoisotopic (exact) mass is 185 g/mol. The van der Waals surface area contributed by atoms with Crippen molar-refractivity contribution in [2.45, 2.75) is 32.6 Å². The van der Waals surface area contributed by atoms with Crippen LogP contribution >= 0.6 is 11.8 Å². The van der Waals surface area contributed by atoms with Crippen LogP contribution in [0.2, 0.25) is 0 Å². The number of rotatable bonds is 3. The van der Waals surface area contributed by atoms with E-state index in [1.54, 1.807) is 0 Å². The molecular formula is C10H19NS. The van der Waals surface area contributed by atoms with Crippen molar-refractivity contribution in [3.05, 3.63) is 11.6 Å². The maximum atomic E-state index is 4.10. The van der Waals surface area contributed by atoms with Gasteiger partial charge in [-0.2, -0.15) is 0 Å². The van der Waals surface area contributed by atoms with Crippen LogP contribution in [0.5, 0.6) is 0 Å². The molecule has 0 aromatic rings. The smallest absolute Gasteiger partial charge is 0.0634 e. The van der Waals surface area contributed by atoms with Crippen molar-refractivity contribution < 1.29 is 0 Å². The summed E-state index contributed by atoms with van der Waals surface area (Å²) in [4.78, 5) is 2.45. The van der Waals surface area contributed by atoms with Crippen molar-refractivity contribution in [2.75, 3.05) is 18.8 Å². The summed E-state index contributed by atoms with van der Waals surface area (Å²) >= 11 is 1.88. The molecule has 12 heavy (non-hydrogen) atoms. The van der Waals surface area contributed by atoms with E-state index in [0.29, 0.717) is 0 Å². The highest BCUT2D eigenvalue weighted by atomic mass is 32.2. The highest BCUT2D eigenvalue weighted by Gasteiger charge is 2.09. The minimum atomic E-state index is 1.15. The average molecular weight is 185 g/mol. The molecule has 1 nitrogen and oxygen atoms in total. The summed E-state index contributed by atoms with van der Waals surface area (Å²) in [7, 11) is 0.